The van der Waals surface area contributed by atoms with E-state index in [0.29, 0.717) is 5.69 Å². The van der Waals surface area contributed by atoms with Gasteiger partial charge in [0.25, 0.3) is 0 Å². The Kier molecular flexibility index (Phi) is 3.29. The van der Waals surface area contributed by atoms with E-state index in [0.717, 1.165) is 22.6 Å². The molecule has 0 fully saturated rings. The first-order valence-electron chi connectivity index (χ1n) is 7.03. The minimum Gasteiger partial charge on any atom is -0.320 e. The molecule has 0 saturated carbocycles. The summed E-state index contributed by atoms with van der Waals surface area (Å²) in [6.45, 7) is 5.76. The maximum Gasteiger partial charge on any atom is 0.178 e. The molecule has 2 heterocycles. The number of ketones is 1. The van der Waals surface area contributed by atoms with E-state index in [2.05, 4.69) is 29.5 Å². The lowest BCUT2D eigenvalue weighted by atomic mass is 10.2. The zero-order valence-electron chi connectivity index (χ0n) is 12.4. The highest BCUT2D eigenvalue weighted by molar-refractivity contribution is 5.92. The van der Waals surface area contributed by atoms with Gasteiger partial charge in [-0.3, -0.25) is 4.79 Å². The van der Waals surface area contributed by atoms with Crippen LogP contribution in [0.3, 0.4) is 0 Å². The molecule has 21 heavy (non-hydrogen) atoms. The Balaban J connectivity index is 2.27. The molecule has 0 aliphatic heterocycles. The van der Waals surface area contributed by atoms with Crippen LogP contribution >= 0.6 is 0 Å². The number of hydrogen-bond acceptors (Lipinski definition) is 3. The highest BCUT2D eigenvalue weighted by Crippen LogP contribution is 2.27. The molecule has 3 aromatic rings. The summed E-state index contributed by atoms with van der Waals surface area (Å²) in [5.41, 5.74) is 3.22. The number of hydrogen-bond donors (Lipinski definition) is 0. The van der Waals surface area contributed by atoms with Gasteiger partial charge in [0, 0.05) is 13.0 Å². The largest absolute Gasteiger partial charge is 0.320 e. The van der Waals surface area contributed by atoms with Gasteiger partial charge in [-0.1, -0.05) is 18.2 Å². The number of carbonyl (C=O) groups excluding carboxylic acids is 1. The van der Waals surface area contributed by atoms with Crippen molar-refractivity contribution in [3.63, 3.8) is 0 Å². The van der Waals surface area contributed by atoms with Gasteiger partial charge in [-0.15, -0.1) is 0 Å². The third-order valence-corrected chi connectivity index (χ3v) is 3.45. The minimum absolute atomic E-state index is 0.0379. The SMILES string of the molecule is CC(=O)c1cccc(-c2nc3ccccc3n2C(C)C)n1. The number of aromatic nitrogens is 3. The van der Waals surface area contributed by atoms with Crippen molar-refractivity contribution >= 4 is 16.8 Å². The molecule has 0 N–H and O–H groups in total. The summed E-state index contributed by atoms with van der Waals surface area (Å²) in [6.07, 6.45) is 0. The number of Topliss-reactive ketones (excluding diaryl/α,β-unsaturated/α-hetero) is 1. The highest BCUT2D eigenvalue weighted by Gasteiger charge is 2.16. The molecule has 4 heteroatoms. The van der Waals surface area contributed by atoms with Crippen molar-refractivity contribution in [3.05, 3.63) is 48.2 Å². The van der Waals surface area contributed by atoms with Crippen LogP contribution in [-0.2, 0) is 0 Å². The highest BCUT2D eigenvalue weighted by atomic mass is 16.1. The maximum atomic E-state index is 11.5. The lowest BCUT2D eigenvalue weighted by Crippen LogP contribution is -2.05. The zero-order chi connectivity index (χ0) is 15.0. The summed E-state index contributed by atoms with van der Waals surface area (Å²) in [4.78, 5) is 20.7. The van der Waals surface area contributed by atoms with Crippen LogP contribution in [0.5, 0.6) is 0 Å². The van der Waals surface area contributed by atoms with Crippen LogP contribution < -0.4 is 0 Å². The third-order valence-electron chi connectivity index (χ3n) is 3.45. The molecule has 0 amide bonds. The van der Waals surface area contributed by atoms with Gasteiger partial charge in [0.2, 0.25) is 0 Å². The van der Waals surface area contributed by atoms with E-state index in [-0.39, 0.29) is 11.8 Å². The number of benzene rings is 1. The molecule has 0 saturated heterocycles. The molecule has 3 rings (SSSR count). The van der Waals surface area contributed by atoms with Gasteiger partial charge in [0.05, 0.1) is 11.0 Å². The van der Waals surface area contributed by atoms with E-state index >= 15 is 0 Å². The van der Waals surface area contributed by atoms with E-state index in [1.165, 1.54) is 6.92 Å². The summed E-state index contributed by atoms with van der Waals surface area (Å²) in [5, 5.41) is 0. The number of pyridine rings is 1. The quantitative estimate of drug-likeness (QED) is 0.683. The Morgan fingerprint density at radius 2 is 1.81 bits per heavy atom. The second-order valence-corrected chi connectivity index (χ2v) is 5.35. The molecule has 0 bridgehead atoms. The third kappa shape index (κ3) is 2.33. The standard InChI is InChI=1S/C17H17N3O/c1-11(2)20-16-10-5-4-7-14(16)19-17(20)15-9-6-8-13(18-15)12(3)21/h4-11H,1-3H3. The van der Waals surface area contributed by atoms with Crippen molar-refractivity contribution in [1.29, 1.82) is 0 Å². The molecular formula is C17H17N3O. The smallest absolute Gasteiger partial charge is 0.178 e. The van der Waals surface area contributed by atoms with Gasteiger partial charge < -0.3 is 4.57 Å². The predicted molar refractivity (Wildman–Crippen MR) is 83.4 cm³/mol. The van der Waals surface area contributed by atoms with Crippen molar-refractivity contribution in [2.75, 3.05) is 0 Å². The van der Waals surface area contributed by atoms with Crippen LogP contribution in [0.1, 0.15) is 37.3 Å². The summed E-state index contributed by atoms with van der Waals surface area (Å²) in [7, 11) is 0. The van der Waals surface area contributed by atoms with E-state index in [4.69, 9.17) is 4.98 Å². The van der Waals surface area contributed by atoms with Crippen molar-refractivity contribution < 1.29 is 4.79 Å². The fraction of sp³-hybridized carbons (Fsp3) is 0.235. The van der Waals surface area contributed by atoms with Crippen LogP contribution in [0.25, 0.3) is 22.6 Å². The molecule has 0 aliphatic rings. The number of para-hydroxylation sites is 2. The van der Waals surface area contributed by atoms with Gasteiger partial charge in [0.15, 0.2) is 11.6 Å². The average molecular weight is 279 g/mol. The molecule has 0 spiro atoms. The van der Waals surface area contributed by atoms with Crippen LogP contribution in [0.15, 0.2) is 42.5 Å². The molecule has 0 radical (unpaired) electrons. The Hall–Kier alpha value is -2.49. The summed E-state index contributed by atoms with van der Waals surface area (Å²) in [5.74, 6) is 0.762. The number of fused-ring (bicyclic) bond motifs is 1. The fourth-order valence-electron chi connectivity index (χ4n) is 2.50. The molecule has 0 atom stereocenters. The Bertz CT molecular complexity index is 818. The van der Waals surface area contributed by atoms with Gasteiger partial charge in [-0.2, -0.15) is 0 Å². The monoisotopic (exact) mass is 279 g/mol. The lowest BCUT2D eigenvalue weighted by Gasteiger charge is -2.12. The van der Waals surface area contributed by atoms with Gasteiger partial charge in [-0.05, 0) is 38.1 Å². The van der Waals surface area contributed by atoms with Crippen LogP contribution in [0.4, 0.5) is 0 Å². The first-order chi connectivity index (χ1) is 10.1. The van der Waals surface area contributed by atoms with E-state index < -0.39 is 0 Å². The summed E-state index contributed by atoms with van der Waals surface area (Å²) in [6, 6.07) is 13.8. The average Bonchev–Trinajstić information content (AvgIpc) is 2.87. The fourth-order valence-corrected chi connectivity index (χ4v) is 2.50. The molecule has 1 aromatic carbocycles. The topological polar surface area (TPSA) is 47.8 Å². The second-order valence-electron chi connectivity index (χ2n) is 5.35. The second kappa shape index (κ2) is 5.13. The Morgan fingerprint density at radius 1 is 1.05 bits per heavy atom. The van der Waals surface area contributed by atoms with Crippen LogP contribution in [-0.4, -0.2) is 20.3 Å². The molecule has 4 nitrogen and oxygen atoms in total. The van der Waals surface area contributed by atoms with Crippen molar-refractivity contribution in [3.8, 4) is 11.5 Å². The first-order valence-corrected chi connectivity index (χ1v) is 7.03. The maximum absolute atomic E-state index is 11.5. The zero-order valence-corrected chi connectivity index (χ0v) is 12.4. The van der Waals surface area contributed by atoms with Crippen molar-refractivity contribution in [2.45, 2.75) is 26.8 Å². The normalized spacial score (nSPS) is 11.2. The molecule has 0 unspecified atom stereocenters. The number of imidazole rings is 1. The van der Waals surface area contributed by atoms with Crippen molar-refractivity contribution in [2.24, 2.45) is 0 Å². The summed E-state index contributed by atoms with van der Waals surface area (Å²) >= 11 is 0. The number of rotatable bonds is 3. The Labute approximate surface area is 123 Å². The molecule has 106 valence electrons. The van der Waals surface area contributed by atoms with Crippen LogP contribution in [0.2, 0.25) is 0 Å². The minimum atomic E-state index is -0.0379. The van der Waals surface area contributed by atoms with Crippen molar-refractivity contribution in [1.82, 2.24) is 14.5 Å². The van der Waals surface area contributed by atoms with Gasteiger partial charge >= 0.3 is 0 Å². The molecule has 0 aliphatic carbocycles. The molecular weight excluding hydrogens is 262 g/mol. The summed E-state index contributed by atoms with van der Waals surface area (Å²) < 4.78 is 2.15. The van der Waals surface area contributed by atoms with Gasteiger partial charge in [0.1, 0.15) is 11.4 Å². The van der Waals surface area contributed by atoms with Crippen LogP contribution in [0, 0.1) is 0 Å². The number of nitrogens with zero attached hydrogens (tertiary/aromatic N) is 3. The van der Waals surface area contributed by atoms with Gasteiger partial charge in [-0.25, -0.2) is 9.97 Å². The number of carbonyl (C=O) groups is 1. The first kappa shape index (κ1) is 13.5. The molecule has 2 aromatic heterocycles. The van der Waals surface area contributed by atoms with E-state index in [1.807, 2.05) is 30.3 Å². The predicted octanol–water partition coefficient (Wildman–Crippen LogP) is 3.88. The van der Waals surface area contributed by atoms with E-state index in [9.17, 15) is 4.79 Å². The Morgan fingerprint density at radius 3 is 2.52 bits per heavy atom. The van der Waals surface area contributed by atoms with E-state index in [1.54, 1.807) is 6.07 Å². The lowest BCUT2D eigenvalue weighted by molar-refractivity contribution is 0.101.